The molecule has 0 bridgehead atoms. The number of aryl methyl sites for hydroxylation is 2. The average Bonchev–Trinajstić information content (AvgIpc) is 3.65. The van der Waals surface area contributed by atoms with Gasteiger partial charge in [-0.3, -0.25) is 9.69 Å². The first-order chi connectivity index (χ1) is 19.4. The minimum atomic E-state index is -0.0566. The fraction of sp³-hybridized carbons (Fsp3) is 0.484. The number of benzene rings is 2. The minimum absolute atomic E-state index is 0.0371. The molecule has 0 unspecified atom stereocenters. The third-order valence-electron chi connectivity index (χ3n) is 8.21. The number of rotatable bonds is 11. The van der Waals surface area contributed by atoms with Gasteiger partial charge in [0.1, 0.15) is 0 Å². The van der Waals surface area contributed by atoms with E-state index in [1.807, 2.05) is 22.9 Å². The smallest absolute Gasteiger partial charge is 0.252 e. The Kier molecular flexibility index (Phi) is 8.49. The van der Waals surface area contributed by atoms with Gasteiger partial charge in [0.15, 0.2) is 17.3 Å². The number of hydrogen-bond donors (Lipinski definition) is 1. The summed E-state index contributed by atoms with van der Waals surface area (Å²) in [7, 11) is 3.29. The molecule has 40 heavy (non-hydrogen) atoms. The lowest BCUT2D eigenvalue weighted by Crippen LogP contribution is -2.34. The molecule has 5 rings (SSSR count). The molecule has 9 nitrogen and oxygen atoms in total. The first-order valence-electron chi connectivity index (χ1n) is 14.3. The molecule has 0 spiro atoms. The number of aromatic nitrogens is 5. The standard InChI is InChI=1S/C31H40N6O3/c1-6-27(30-33-34-35-37(30)24-9-7-8-10-24)36(14-13-22-11-12-28(39-4)29(17-22)40-5)19-23-18-25-21(3)15-20(2)16-26(25)32-31(23)38/h11-12,15-18,24,27H,6-10,13-14,19H2,1-5H3,(H,32,38)/t27-/m1/s1. The zero-order chi connectivity index (χ0) is 28.2. The zero-order valence-electron chi connectivity index (χ0n) is 24.2. The lowest BCUT2D eigenvalue weighted by molar-refractivity contribution is 0.169. The Morgan fingerprint density at radius 1 is 1.07 bits per heavy atom. The third kappa shape index (κ3) is 5.75. The Bertz CT molecular complexity index is 1520. The van der Waals surface area contributed by atoms with Crippen molar-refractivity contribution in [1.82, 2.24) is 30.1 Å². The molecule has 2 aromatic carbocycles. The number of pyridine rings is 1. The predicted molar refractivity (Wildman–Crippen MR) is 156 cm³/mol. The first-order valence-corrected chi connectivity index (χ1v) is 14.3. The molecule has 0 aliphatic heterocycles. The molecule has 212 valence electrons. The van der Waals surface area contributed by atoms with Gasteiger partial charge >= 0.3 is 0 Å². The van der Waals surface area contributed by atoms with E-state index in [0.29, 0.717) is 24.1 Å². The van der Waals surface area contributed by atoms with E-state index in [4.69, 9.17) is 9.47 Å². The Balaban J connectivity index is 1.50. The second-order valence-electron chi connectivity index (χ2n) is 10.9. The summed E-state index contributed by atoms with van der Waals surface area (Å²) in [6.45, 7) is 7.52. The average molecular weight is 545 g/mol. The summed E-state index contributed by atoms with van der Waals surface area (Å²) in [4.78, 5) is 18.8. The van der Waals surface area contributed by atoms with Crippen LogP contribution < -0.4 is 15.0 Å². The molecule has 0 amide bonds. The maximum Gasteiger partial charge on any atom is 0.252 e. The third-order valence-corrected chi connectivity index (χ3v) is 8.21. The molecule has 0 radical (unpaired) electrons. The molecular weight excluding hydrogens is 504 g/mol. The van der Waals surface area contributed by atoms with E-state index in [2.05, 4.69) is 64.4 Å². The highest BCUT2D eigenvalue weighted by atomic mass is 16.5. The van der Waals surface area contributed by atoms with E-state index in [-0.39, 0.29) is 11.6 Å². The van der Waals surface area contributed by atoms with E-state index in [0.717, 1.165) is 71.2 Å². The van der Waals surface area contributed by atoms with Crippen LogP contribution in [-0.2, 0) is 13.0 Å². The van der Waals surface area contributed by atoms with Crippen molar-refractivity contribution in [2.75, 3.05) is 20.8 Å². The fourth-order valence-corrected chi connectivity index (χ4v) is 6.14. The lowest BCUT2D eigenvalue weighted by atomic mass is 10.0. The summed E-state index contributed by atoms with van der Waals surface area (Å²) in [5.74, 6) is 2.30. The van der Waals surface area contributed by atoms with Gasteiger partial charge in [-0.05, 0) is 90.9 Å². The van der Waals surface area contributed by atoms with Gasteiger partial charge in [0.2, 0.25) is 0 Å². The minimum Gasteiger partial charge on any atom is -0.493 e. The van der Waals surface area contributed by atoms with Gasteiger partial charge in [-0.15, -0.1) is 5.10 Å². The number of nitrogens with zero attached hydrogens (tertiary/aromatic N) is 5. The summed E-state index contributed by atoms with van der Waals surface area (Å²) in [5.41, 5.74) is 4.98. The number of tetrazole rings is 1. The number of fused-ring (bicyclic) bond motifs is 1. The maximum absolute atomic E-state index is 13.3. The highest BCUT2D eigenvalue weighted by molar-refractivity contribution is 5.83. The summed E-state index contributed by atoms with van der Waals surface area (Å²) in [5, 5.41) is 14.1. The van der Waals surface area contributed by atoms with Crippen molar-refractivity contribution < 1.29 is 9.47 Å². The summed E-state index contributed by atoms with van der Waals surface area (Å²) < 4.78 is 13.0. The van der Waals surface area contributed by atoms with Crippen LogP contribution in [0.15, 0.2) is 41.2 Å². The number of hydrogen-bond acceptors (Lipinski definition) is 7. The second kappa shape index (κ2) is 12.2. The van der Waals surface area contributed by atoms with Crippen LogP contribution in [0.5, 0.6) is 11.5 Å². The van der Waals surface area contributed by atoms with E-state index >= 15 is 0 Å². The summed E-state index contributed by atoms with van der Waals surface area (Å²) >= 11 is 0. The van der Waals surface area contributed by atoms with E-state index in [1.54, 1.807) is 14.2 Å². The van der Waals surface area contributed by atoms with Crippen molar-refractivity contribution in [2.24, 2.45) is 0 Å². The molecule has 1 atom stereocenters. The number of ether oxygens (including phenoxy) is 2. The van der Waals surface area contributed by atoms with Crippen molar-refractivity contribution in [1.29, 1.82) is 0 Å². The molecule has 2 heterocycles. The van der Waals surface area contributed by atoms with Gasteiger partial charge in [0.05, 0.1) is 26.3 Å². The van der Waals surface area contributed by atoms with Gasteiger partial charge < -0.3 is 14.5 Å². The Hall–Kier alpha value is -3.72. The SMILES string of the molecule is CC[C@H](c1nnnn1C1CCCC1)N(CCc1ccc(OC)c(OC)c1)Cc1cc2c(C)cc(C)cc2[nH]c1=O. The highest BCUT2D eigenvalue weighted by Crippen LogP contribution is 2.34. The Labute approximate surface area is 235 Å². The molecule has 1 fully saturated rings. The Morgan fingerprint density at radius 2 is 1.85 bits per heavy atom. The van der Waals surface area contributed by atoms with Crippen LogP contribution in [0.3, 0.4) is 0 Å². The summed E-state index contributed by atoms with van der Waals surface area (Å²) in [6, 6.07) is 12.6. The quantitative estimate of drug-likeness (QED) is 0.268. The van der Waals surface area contributed by atoms with Crippen LogP contribution in [-0.4, -0.2) is 50.9 Å². The summed E-state index contributed by atoms with van der Waals surface area (Å²) in [6.07, 6.45) is 6.20. The van der Waals surface area contributed by atoms with Crippen LogP contribution in [0.2, 0.25) is 0 Å². The zero-order valence-corrected chi connectivity index (χ0v) is 24.2. The van der Waals surface area contributed by atoms with Gasteiger partial charge in [-0.2, -0.15) is 0 Å². The van der Waals surface area contributed by atoms with Crippen molar-refractivity contribution in [3.63, 3.8) is 0 Å². The molecule has 1 aliphatic rings. The van der Waals surface area contributed by atoms with Crippen molar-refractivity contribution in [2.45, 2.75) is 77.9 Å². The molecular formula is C31H40N6O3. The molecule has 4 aromatic rings. The number of aromatic amines is 1. The first kappa shape index (κ1) is 27.8. The van der Waals surface area contributed by atoms with E-state index in [9.17, 15) is 4.79 Å². The van der Waals surface area contributed by atoms with Gasteiger partial charge in [-0.25, -0.2) is 4.68 Å². The lowest BCUT2D eigenvalue weighted by Gasteiger charge is -2.31. The molecule has 2 aromatic heterocycles. The van der Waals surface area contributed by atoms with Crippen molar-refractivity contribution in [3.05, 3.63) is 74.8 Å². The van der Waals surface area contributed by atoms with E-state index < -0.39 is 0 Å². The predicted octanol–water partition coefficient (Wildman–Crippen LogP) is 5.46. The molecule has 1 N–H and O–H groups in total. The molecule has 1 saturated carbocycles. The highest BCUT2D eigenvalue weighted by Gasteiger charge is 2.29. The fourth-order valence-electron chi connectivity index (χ4n) is 6.14. The van der Waals surface area contributed by atoms with Gasteiger partial charge in [0, 0.05) is 29.6 Å². The molecule has 0 saturated heterocycles. The Morgan fingerprint density at radius 3 is 2.58 bits per heavy atom. The van der Waals surface area contributed by atoms with Gasteiger partial charge in [-0.1, -0.05) is 31.9 Å². The van der Waals surface area contributed by atoms with Gasteiger partial charge in [0.25, 0.3) is 5.56 Å². The van der Waals surface area contributed by atoms with E-state index in [1.165, 1.54) is 12.8 Å². The van der Waals surface area contributed by atoms with Crippen LogP contribution in [0.25, 0.3) is 10.9 Å². The van der Waals surface area contributed by atoms with Crippen LogP contribution >= 0.6 is 0 Å². The topological polar surface area (TPSA) is 98.2 Å². The van der Waals surface area contributed by atoms with Crippen LogP contribution in [0, 0.1) is 13.8 Å². The van der Waals surface area contributed by atoms with Crippen LogP contribution in [0.1, 0.15) is 79.2 Å². The molecule has 9 heteroatoms. The monoisotopic (exact) mass is 544 g/mol. The van der Waals surface area contributed by atoms with Crippen LogP contribution in [0.4, 0.5) is 0 Å². The normalized spacial score (nSPS) is 14.8. The maximum atomic E-state index is 13.3. The molecule has 1 aliphatic carbocycles. The largest absolute Gasteiger partial charge is 0.493 e. The second-order valence-corrected chi connectivity index (χ2v) is 10.9. The number of H-pyrrole nitrogens is 1. The van der Waals surface area contributed by atoms with Crippen molar-refractivity contribution >= 4 is 10.9 Å². The number of methoxy groups -OCH3 is 2. The van der Waals surface area contributed by atoms with Crippen molar-refractivity contribution in [3.8, 4) is 11.5 Å². The number of nitrogens with one attached hydrogen (secondary N) is 1.